The fourth-order valence-electron chi connectivity index (χ4n) is 5.32. The topological polar surface area (TPSA) is 214 Å². The molecule has 6 aromatic rings. The molecule has 0 unspecified atom stereocenters. The zero-order valence-corrected chi connectivity index (χ0v) is 36.6. The van der Waals surface area contributed by atoms with Crippen LogP contribution in [0.25, 0.3) is 0 Å². The molecule has 0 heterocycles. The average molecular weight is 1010 g/mol. The lowest BCUT2D eigenvalue weighted by Crippen LogP contribution is -2.14. The van der Waals surface area contributed by atoms with E-state index in [9.17, 15) is 74.1 Å². The molecule has 0 bridgehead atoms. The lowest BCUT2D eigenvalue weighted by Gasteiger charge is -2.10. The first-order valence-electron chi connectivity index (χ1n) is 18.9. The van der Waals surface area contributed by atoms with E-state index in [1.807, 2.05) is 6.92 Å². The maximum absolute atomic E-state index is 12.6. The number of nitro benzene ring substituents is 2. The minimum Gasteiger partial charge on any atom is -0.399 e. The summed E-state index contributed by atoms with van der Waals surface area (Å²) in [6.45, 7) is 5.03. The number of nitrogens with zero attached hydrogens (tertiary/aromatic N) is 2. The lowest BCUT2D eigenvalue weighted by molar-refractivity contribution is -0.385. The summed E-state index contributed by atoms with van der Waals surface area (Å²) >= 11 is 5.02. The van der Waals surface area contributed by atoms with Crippen molar-refractivity contribution in [1.29, 1.82) is 0 Å². The van der Waals surface area contributed by atoms with Gasteiger partial charge in [-0.1, -0.05) is 49.9 Å². The first-order valence-corrected chi connectivity index (χ1v) is 19.3. The van der Waals surface area contributed by atoms with Crippen LogP contribution in [0.5, 0.6) is 0 Å². The second-order valence-corrected chi connectivity index (χ2v) is 14.4. The van der Waals surface area contributed by atoms with Gasteiger partial charge in [-0.05, 0) is 111 Å². The van der Waals surface area contributed by atoms with Gasteiger partial charge in [-0.3, -0.25) is 34.6 Å². The Kier molecular flexibility index (Phi) is 21.8. The van der Waals surface area contributed by atoms with Gasteiger partial charge in [-0.25, -0.2) is 0 Å². The number of hydrogen-bond acceptors (Lipinski definition) is 9. The number of aryl methyl sites for hydroxylation is 3. The van der Waals surface area contributed by atoms with Gasteiger partial charge in [-0.2, -0.15) is 39.5 Å². The third-order valence-electron chi connectivity index (χ3n) is 8.95. The van der Waals surface area contributed by atoms with E-state index in [1.165, 1.54) is 49.4 Å². The first kappa shape index (κ1) is 60.1. The summed E-state index contributed by atoms with van der Waals surface area (Å²) in [5, 5.41) is 25.1. The molecule has 0 aliphatic heterocycles. The standard InChI is InChI=1S/C15H11F3N2O3.C15H13F3N2O.C8H4ClF3O.C7H8N2O2.CH4.B/c1-9-5-6-12(8-13(9)20(22)23)19-14(21)10-3-2-4-11(7-10)15(16,17)18;1-9-5-6-12(8-13(9)19)20-14(21)10-3-2-4-11(7-10)15(16,17)18;9-7(13)5-2-1-3-6(4-5)8(10,11)12;1-5-2-3-6(8)4-7(5)9(10)11;;/h2-8H,1H3,(H,19,21);2-8H,19H2,1H3,(H,20,21);1-4H;2-4H,8H2,1H3;1H4;. The van der Waals surface area contributed by atoms with Crippen LogP contribution >= 0.6 is 11.6 Å². The minimum absolute atomic E-state index is 0. The molecule has 0 fully saturated rings. The Balaban J connectivity index is 0.000000481. The van der Waals surface area contributed by atoms with Crippen molar-refractivity contribution < 1.29 is 63.7 Å². The molecule has 0 saturated heterocycles. The molecule has 13 nitrogen and oxygen atoms in total. The Morgan fingerprint density at radius 2 is 0.857 bits per heavy atom. The molecule has 6 aromatic carbocycles. The van der Waals surface area contributed by atoms with Gasteiger partial charge in [0.25, 0.3) is 28.4 Å². The van der Waals surface area contributed by atoms with Crippen molar-refractivity contribution in [3.63, 3.8) is 0 Å². The number of hydrogen-bond donors (Lipinski definition) is 4. The van der Waals surface area contributed by atoms with Crippen LogP contribution in [0.1, 0.15) is 71.9 Å². The van der Waals surface area contributed by atoms with Gasteiger partial charge in [0.1, 0.15) is 0 Å². The van der Waals surface area contributed by atoms with Crippen molar-refractivity contribution in [1.82, 2.24) is 0 Å². The fraction of sp³-hybridized carbons (Fsp3) is 0.152. The van der Waals surface area contributed by atoms with Crippen molar-refractivity contribution in [2.45, 2.75) is 46.7 Å². The number of nitro groups is 2. The molecular weight excluding hydrogens is 966 g/mol. The molecule has 3 radical (unpaired) electrons. The monoisotopic (exact) mass is 1010 g/mol. The van der Waals surface area contributed by atoms with Gasteiger partial charge in [0.2, 0.25) is 0 Å². The molecule has 0 aliphatic carbocycles. The highest BCUT2D eigenvalue weighted by atomic mass is 35.5. The van der Waals surface area contributed by atoms with Crippen LogP contribution < -0.4 is 22.1 Å². The lowest BCUT2D eigenvalue weighted by atomic mass is 10.1. The Morgan fingerprint density at radius 3 is 1.21 bits per heavy atom. The Labute approximate surface area is 400 Å². The smallest absolute Gasteiger partial charge is 0.399 e. The highest BCUT2D eigenvalue weighted by Gasteiger charge is 2.32. The fourth-order valence-corrected chi connectivity index (χ4v) is 5.44. The SMILES string of the molecule is C.Cc1ccc(N)cc1[N+](=O)[O-].Cc1ccc(NC(=O)c2cccc(C(F)(F)F)c2)cc1N.Cc1ccc(NC(=O)c2cccc(C(F)(F)F)c2)cc1[N+](=O)[O-].O=C(Cl)c1cccc(C(F)(F)F)c1.[B]. The second-order valence-electron chi connectivity index (χ2n) is 14.1. The van der Waals surface area contributed by atoms with Crippen molar-refractivity contribution in [2.24, 2.45) is 0 Å². The highest BCUT2D eigenvalue weighted by molar-refractivity contribution is 6.67. The number of rotatable bonds is 7. The summed E-state index contributed by atoms with van der Waals surface area (Å²) in [5.74, 6) is -1.40. The predicted octanol–water partition coefficient (Wildman–Crippen LogP) is 12.8. The number of carbonyl (C=O) groups excluding carboxylic acids is 3. The van der Waals surface area contributed by atoms with E-state index in [1.54, 1.807) is 37.3 Å². The van der Waals surface area contributed by atoms with E-state index in [0.717, 1.165) is 60.2 Å². The van der Waals surface area contributed by atoms with E-state index < -0.39 is 62.1 Å². The van der Waals surface area contributed by atoms with Crippen molar-refractivity contribution >= 4 is 71.2 Å². The summed E-state index contributed by atoms with van der Waals surface area (Å²) in [6.07, 6.45) is -13.5. The molecule has 6 N–H and O–H groups in total. The maximum Gasteiger partial charge on any atom is 0.416 e. The molecule has 24 heteroatoms. The van der Waals surface area contributed by atoms with Crippen LogP contribution in [0.4, 0.5) is 73.6 Å². The maximum atomic E-state index is 12.6. The van der Waals surface area contributed by atoms with Crippen LogP contribution in [-0.4, -0.2) is 35.3 Å². The molecule has 0 spiro atoms. The van der Waals surface area contributed by atoms with Crippen molar-refractivity contribution in [3.05, 3.63) is 198 Å². The van der Waals surface area contributed by atoms with Gasteiger partial charge in [0.15, 0.2) is 0 Å². The van der Waals surface area contributed by atoms with Crippen LogP contribution in [0.3, 0.4) is 0 Å². The molecule has 6 rings (SSSR count). The highest BCUT2D eigenvalue weighted by Crippen LogP contribution is 2.32. The zero-order chi connectivity index (χ0) is 51.3. The minimum atomic E-state index is -4.56. The second kappa shape index (κ2) is 25.4. The number of nitrogens with two attached hydrogens (primary N) is 2. The normalized spacial score (nSPS) is 10.6. The van der Waals surface area contributed by atoms with E-state index in [4.69, 9.17) is 23.1 Å². The molecule has 369 valence electrons. The van der Waals surface area contributed by atoms with Crippen LogP contribution in [0.15, 0.2) is 127 Å². The summed E-state index contributed by atoms with van der Waals surface area (Å²) in [4.78, 5) is 54.6. The van der Waals surface area contributed by atoms with Gasteiger partial charge in [-0.15, -0.1) is 0 Å². The van der Waals surface area contributed by atoms with Crippen LogP contribution in [0.2, 0.25) is 0 Å². The predicted molar refractivity (Wildman–Crippen MR) is 249 cm³/mol. The summed E-state index contributed by atoms with van der Waals surface area (Å²) in [6, 6.07) is 25.7. The summed E-state index contributed by atoms with van der Waals surface area (Å²) < 4.78 is 112. The van der Waals surface area contributed by atoms with E-state index >= 15 is 0 Å². The van der Waals surface area contributed by atoms with E-state index in [-0.39, 0.29) is 49.6 Å². The number of halogens is 10. The Bertz CT molecular complexity index is 2830. The molecule has 70 heavy (non-hydrogen) atoms. The number of nitrogen functional groups attached to an aromatic ring is 2. The number of anilines is 4. The molecule has 2 amide bonds. The molecule has 0 saturated carbocycles. The Morgan fingerprint density at radius 1 is 0.514 bits per heavy atom. The zero-order valence-electron chi connectivity index (χ0n) is 35.9. The third kappa shape index (κ3) is 18.3. The van der Waals surface area contributed by atoms with E-state index in [0.29, 0.717) is 28.2 Å². The largest absolute Gasteiger partial charge is 0.416 e. The Hall–Kier alpha value is -7.95. The van der Waals surface area contributed by atoms with Crippen molar-refractivity contribution in [2.75, 3.05) is 22.1 Å². The molecule has 0 atom stereocenters. The van der Waals surface area contributed by atoms with Crippen LogP contribution in [-0.2, 0) is 18.5 Å². The van der Waals surface area contributed by atoms with Crippen molar-refractivity contribution in [3.8, 4) is 0 Å². The molecule has 0 aromatic heterocycles. The summed E-state index contributed by atoms with van der Waals surface area (Å²) in [7, 11) is 0. The number of nitrogens with one attached hydrogen (secondary N) is 2. The van der Waals surface area contributed by atoms with E-state index in [2.05, 4.69) is 10.6 Å². The molecule has 0 aliphatic rings. The molecular formula is C46H40BClF9N6O7. The first-order chi connectivity index (χ1) is 31.5. The summed E-state index contributed by atoms with van der Waals surface area (Å²) in [5.41, 5.74) is 11.2. The third-order valence-corrected chi connectivity index (χ3v) is 9.17. The van der Waals surface area contributed by atoms with Gasteiger partial charge in [0, 0.05) is 71.1 Å². The number of alkyl halides is 9. The van der Waals surface area contributed by atoms with Crippen LogP contribution in [0, 0.1) is 41.0 Å². The number of benzene rings is 6. The number of amides is 2. The van der Waals surface area contributed by atoms with Gasteiger partial charge in [0.05, 0.1) is 26.5 Å². The van der Waals surface area contributed by atoms with Gasteiger partial charge >= 0.3 is 18.5 Å². The van der Waals surface area contributed by atoms with Gasteiger partial charge < -0.3 is 22.1 Å². The average Bonchev–Trinajstić information content (AvgIpc) is 3.26. The number of carbonyl (C=O) groups is 3. The quantitative estimate of drug-likeness (QED) is 0.0298.